The van der Waals surface area contributed by atoms with Crippen molar-refractivity contribution in [3.63, 3.8) is 0 Å². The van der Waals surface area contributed by atoms with Crippen molar-refractivity contribution < 1.29 is 29.6 Å². The fourth-order valence-corrected chi connectivity index (χ4v) is 4.16. The molecule has 36 heavy (non-hydrogen) atoms. The molecule has 0 saturated carbocycles. The fourth-order valence-electron chi connectivity index (χ4n) is 3.65. The number of carbonyl (C=O) groups is 1. The van der Waals surface area contributed by atoms with Crippen LogP contribution in [0.4, 0.5) is 0 Å². The molecule has 1 amide bonds. The molecule has 2 aromatic carbocycles. The molecule has 1 heterocycles. The van der Waals surface area contributed by atoms with Gasteiger partial charge in [0.05, 0.1) is 25.9 Å². The first kappa shape index (κ1) is 27.9. The molecular weight excluding hydrogens is 509 g/mol. The smallest absolute Gasteiger partial charge is 0.266 e. The number of carbonyl (C=O) groups excluding carboxylic acids is 1. The predicted molar refractivity (Wildman–Crippen MR) is 137 cm³/mol. The summed E-state index contributed by atoms with van der Waals surface area (Å²) in [5, 5.41) is 28.3. The third-order valence-electron chi connectivity index (χ3n) is 5.56. The Hall–Kier alpha value is -2.66. The molecule has 0 bridgehead atoms. The lowest BCUT2D eigenvalue weighted by molar-refractivity contribution is -0.130. The van der Waals surface area contributed by atoms with E-state index >= 15 is 0 Å². The maximum absolute atomic E-state index is 13.6. The van der Waals surface area contributed by atoms with Gasteiger partial charge in [0.15, 0.2) is 11.6 Å². The number of hydrogen-bond donors (Lipinski definition) is 5. The number of hydrazine groups is 1. The van der Waals surface area contributed by atoms with E-state index in [-0.39, 0.29) is 18.9 Å². The first-order valence-corrected chi connectivity index (χ1v) is 12.1. The number of aliphatic hydroxyl groups is 3. The maximum atomic E-state index is 13.6. The van der Waals surface area contributed by atoms with Gasteiger partial charge >= 0.3 is 0 Å². The summed E-state index contributed by atoms with van der Waals surface area (Å²) < 4.78 is 11.8. The standard InChI is InChI=1S/C25H29Cl2N3O6/c1-2-10-25(24(34)30-29-18(14-32)15-33)22(20-9-6-17(26)13-21(20)27)36-23(28-25)16-4-7-19(8-5-16)35-12-3-11-31/h2,4-9,13,18,22,29,31-33H,1,3,10-12,14-15H2,(H,30,34)/t22-,25-/m0/s1. The first-order valence-electron chi connectivity index (χ1n) is 11.3. The van der Waals surface area contributed by atoms with Gasteiger partial charge in [-0.25, -0.2) is 10.4 Å². The van der Waals surface area contributed by atoms with Crippen LogP contribution in [0.1, 0.15) is 30.1 Å². The Balaban J connectivity index is 1.99. The first-order chi connectivity index (χ1) is 17.4. The molecule has 5 N–H and O–H groups in total. The number of rotatable bonds is 13. The van der Waals surface area contributed by atoms with E-state index in [4.69, 9.17) is 42.8 Å². The van der Waals surface area contributed by atoms with Crippen molar-refractivity contribution in [3.8, 4) is 5.75 Å². The number of amides is 1. The predicted octanol–water partition coefficient (Wildman–Crippen LogP) is 2.56. The lowest BCUT2D eigenvalue weighted by Gasteiger charge is -2.30. The molecule has 0 fully saturated rings. The van der Waals surface area contributed by atoms with Crippen LogP contribution in [0.25, 0.3) is 0 Å². The highest BCUT2D eigenvalue weighted by atomic mass is 35.5. The van der Waals surface area contributed by atoms with Gasteiger partial charge in [-0.15, -0.1) is 6.58 Å². The van der Waals surface area contributed by atoms with E-state index in [0.717, 1.165) is 0 Å². The van der Waals surface area contributed by atoms with Gasteiger partial charge in [-0.3, -0.25) is 10.2 Å². The van der Waals surface area contributed by atoms with Crippen molar-refractivity contribution in [2.75, 3.05) is 26.4 Å². The average molecular weight is 538 g/mol. The molecule has 9 nitrogen and oxygen atoms in total. The molecule has 2 atom stereocenters. The third kappa shape index (κ3) is 6.36. The number of aliphatic hydroxyl groups excluding tert-OH is 3. The van der Waals surface area contributed by atoms with Crippen LogP contribution in [0, 0.1) is 0 Å². The Labute approximate surface area is 219 Å². The van der Waals surface area contributed by atoms with Gasteiger partial charge in [0.1, 0.15) is 5.75 Å². The number of nitrogens with one attached hydrogen (secondary N) is 2. The number of benzene rings is 2. The molecule has 0 unspecified atom stereocenters. The van der Waals surface area contributed by atoms with E-state index in [1.165, 1.54) is 0 Å². The molecule has 194 valence electrons. The zero-order valence-electron chi connectivity index (χ0n) is 19.5. The van der Waals surface area contributed by atoms with Crippen LogP contribution >= 0.6 is 23.2 Å². The molecule has 0 aromatic heterocycles. The van der Waals surface area contributed by atoms with E-state index < -0.39 is 36.8 Å². The number of aliphatic imine (C=N–C) groups is 1. The Bertz CT molecular complexity index is 1080. The van der Waals surface area contributed by atoms with E-state index in [2.05, 4.69) is 17.4 Å². The van der Waals surface area contributed by atoms with Gasteiger partial charge < -0.3 is 24.8 Å². The lowest BCUT2D eigenvalue weighted by Crippen LogP contribution is -2.56. The van der Waals surface area contributed by atoms with Crippen molar-refractivity contribution in [2.45, 2.75) is 30.5 Å². The number of halogens is 2. The van der Waals surface area contributed by atoms with Crippen LogP contribution in [0.2, 0.25) is 10.0 Å². The second kappa shape index (κ2) is 13.0. The molecule has 2 aromatic rings. The van der Waals surface area contributed by atoms with Crippen LogP contribution in [0.5, 0.6) is 5.75 Å². The topological polar surface area (TPSA) is 133 Å². The summed E-state index contributed by atoms with van der Waals surface area (Å²) in [4.78, 5) is 18.3. The van der Waals surface area contributed by atoms with E-state index in [1.54, 1.807) is 48.5 Å². The van der Waals surface area contributed by atoms with E-state index in [1.807, 2.05) is 0 Å². The second-order valence-corrected chi connectivity index (χ2v) is 8.95. The fraction of sp³-hybridized carbons (Fsp3) is 0.360. The van der Waals surface area contributed by atoms with Crippen molar-refractivity contribution in [1.82, 2.24) is 10.9 Å². The summed E-state index contributed by atoms with van der Waals surface area (Å²) in [6, 6.07) is 11.1. The molecule has 1 aliphatic heterocycles. The molecule has 0 radical (unpaired) electrons. The van der Waals surface area contributed by atoms with E-state index in [0.29, 0.717) is 39.9 Å². The van der Waals surface area contributed by atoms with Gasteiger partial charge in [-0.2, -0.15) is 0 Å². The van der Waals surface area contributed by atoms with Gasteiger partial charge in [-0.1, -0.05) is 35.3 Å². The molecule has 11 heteroatoms. The monoisotopic (exact) mass is 537 g/mol. The molecule has 0 saturated heterocycles. The minimum Gasteiger partial charge on any atom is -0.494 e. The van der Waals surface area contributed by atoms with Crippen LogP contribution in [0.3, 0.4) is 0 Å². The Morgan fingerprint density at radius 1 is 1.19 bits per heavy atom. The van der Waals surface area contributed by atoms with Crippen LogP contribution < -0.4 is 15.6 Å². The van der Waals surface area contributed by atoms with Gasteiger partial charge in [-0.05, 0) is 36.4 Å². The highest BCUT2D eigenvalue weighted by Gasteiger charge is 2.53. The Kier molecular flexibility index (Phi) is 10.1. The minimum atomic E-state index is -1.51. The van der Waals surface area contributed by atoms with Crippen LogP contribution in [0.15, 0.2) is 60.1 Å². The zero-order chi connectivity index (χ0) is 26.1. The van der Waals surface area contributed by atoms with Gasteiger partial charge in [0, 0.05) is 40.6 Å². The average Bonchev–Trinajstić information content (AvgIpc) is 3.25. The van der Waals surface area contributed by atoms with Gasteiger partial charge in [0.2, 0.25) is 5.90 Å². The summed E-state index contributed by atoms with van der Waals surface area (Å²) in [6.45, 7) is 3.42. The largest absolute Gasteiger partial charge is 0.494 e. The van der Waals surface area contributed by atoms with Crippen molar-refractivity contribution >= 4 is 35.0 Å². The van der Waals surface area contributed by atoms with Crippen LogP contribution in [-0.4, -0.2) is 65.1 Å². The maximum Gasteiger partial charge on any atom is 0.266 e. The van der Waals surface area contributed by atoms with Crippen LogP contribution in [-0.2, 0) is 9.53 Å². The molecule has 0 aliphatic carbocycles. The quantitative estimate of drug-likeness (QED) is 0.150. The summed E-state index contributed by atoms with van der Waals surface area (Å²) in [5.74, 6) is 0.261. The summed E-state index contributed by atoms with van der Waals surface area (Å²) in [6.07, 6.45) is 1.24. The third-order valence-corrected chi connectivity index (χ3v) is 6.12. The molecule has 0 spiro atoms. The highest BCUT2D eigenvalue weighted by Crippen LogP contribution is 2.45. The minimum absolute atomic E-state index is 0.0387. The molecular formula is C25H29Cl2N3O6. The SMILES string of the molecule is C=CC[C@]1(C(=O)NNC(CO)CO)N=C(c2ccc(OCCCO)cc2)O[C@H]1c1ccc(Cl)cc1Cl. The van der Waals surface area contributed by atoms with Crippen molar-refractivity contribution in [3.05, 3.63) is 76.3 Å². The number of nitrogens with zero attached hydrogens (tertiary/aromatic N) is 1. The molecule has 3 rings (SSSR count). The van der Waals surface area contributed by atoms with E-state index in [9.17, 15) is 15.0 Å². The summed E-state index contributed by atoms with van der Waals surface area (Å²) >= 11 is 12.6. The van der Waals surface area contributed by atoms with Crippen molar-refractivity contribution in [2.24, 2.45) is 4.99 Å². The van der Waals surface area contributed by atoms with Gasteiger partial charge in [0.25, 0.3) is 5.91 Å². The zero-order valence-corrected chi connectivity index (χ0v) is 21.0. The normalized spacial score (nSPS) is 19.1. The molecule has 1 aliphatic rings. The summed E-state index contributed by atoms with van der Waals surface area (Å²) in [7, 11) is 0. The highest BCUT2D eigenvalue weighted by molar-refractivity contribution is 6.35. The van der Waals surface area contributed by atoms with Crippen molar-refractivity contribution in [1.29, 1.82) is 0 Å². The Morgan fingerprint density at radius 3 is 2.53 bits per heavy atom. The summed E-state index contributed by atoms with van der Waals surface area (Å²) in [5.41, 5.74) is 4.75. The number of ether oxygens (including phenoxy) is 2. The Morgan fingerprint density at radius 2 is 1.92 bits per heavy atom. The number of hydrogen-bond acceptors (Lipinski definition) is 8. The lowest BCUT2D eigenvalue weighted by atomic mass is 9.84. The second-order valence-electron chi connectivity index (χ2n) is 8.11.